The van der Waals surface area contributed by atoms with Gasteiger partial charge in [-0.15, -0.1) is 0 Å². The maximum Gasteiger partial charge on any atom is 0.332 e. The van der Waals surface area contributed by atoms with E-state index < -0.39 is 11.9 Å². The second-order valence-corrected chi connectivity index (χ2v) is 4.96. The molecule has 22 heavy (non-hydrogen) atoms. The first-order chi connectivity index (χ1) is 10.4. The van der Waals surface area contributed by atoms with Crippen LogP contribution in [0, 0.1) is 20.8 Å². The Balaban J connectivity index is 3.11. The summed E-state index contributed by atoms with van der Waals surface area (Å²) in [5, 5.41) is 14.3. The van der Waals surface area contributed by atoms with E-state index in [0.717, 1.165) is 28.5 Å². The Morgan fingerprint density at radius 1 is 1.23 bits per heavy atom. The first kappa shape index (κ1) is 17.7. The quantitative estimate of drug-likeness (QED) is 0.543. The predicted octanol–water partition coefficient (Wildman–Crippen LogP) is 1.19. The van der Waals surface area contributed by atoms with Gasteiger partial charge >= 0.3 is 5.97 Å². The molecule has 6 heteroatoms. The monoisotopic (exact) mass is 306 g/mol. The number of carbonyl (C=O) groups excluding carboxylic acids is 2. The first-order valence-corrected chi connectivity index (χ1v) is 6.92. The molecule has 0 heterocycles. The minimum absolute atomic E-state index is 0.0651. The zero-order valence-corrected chi connectivity index (χ0v) is 13.3. The fourth-order valence-electron chi connectivity index (χ4n) is 2.11. The van der Waals surface area contributed by atoms with E-state index in [2.05, 4.69) is 15.4 Å². The van der Waals surface area contributed by atoms with E-state index in [1.807, 2.05) is 32.9 Å². The number of aryl methyl sites for hydroxylation is 3. The van der Waals surface area contributed by atoms with Gasteiger partial charge in [0.15, 0.2) is 0 Å². The molecule has 1 aromatic carbocycles. The number of carbonyl (C=O) groups is 2. The molecule has 6 nitrogen and oxygen atoms in total. The third-order valence-electron chi connectivity index (χ3n) is 3.04. The highest BCUT2D eigenvalue weighted by Gasteiger charge is 2.14. The Kier molecular flexibility index (Phi) is 6.59. The Hall–Kier alpha value is -2.34. The van der Waals surface area contributed by atoms with Gasteiger partial charge < -0.3 is 20.5 Å². The van der Waals surface area contributed by atoms with Crippen LogP contribution in [0.2, 0.25) is 0 Å². The van der Waals surface area contributed by atoms with Crippen molar-refractivity contribution < 1.29 is 19.4 Å². The third-order valence-corrected chi connectivity index (χ3v) is 3.04. The zero-order valence-electron chi connectivity index (χ0n) is 13.3. The second-order valence-electron chi connectivity index (χ2n) is 4.96. The molecule has 0 aliphatic carbocycles. The molecule has 0 fully saturated rings. The molecule has 0 aliphatic heterocycles. The van der Waals surface area contributed by atoms with E-state index in [1.54, 1.807) is 0 Å². The largest absolute Gasteiger partial charge is 0.466 e. The molecule has 120 valence electrons. The maximum atomic E-state index is 12.1. The predicted molar refractivity (Wildman–Crippen MR) is 84.5 cm³/mol. The van der Waals surface area contributed by atoms with Gasteiger partial charge in [-0.25, -0.2) is 4.79 Å². The molecule has 1 aromatic rings. The summed E-state index contributed by atoms with van der Waals surface area (Å²) in [5.74, 6) is -1.12. The van der Waals surface area contributed by atoms with E-state index in [1.165, 1.54) is 7.11 Å². The summed E-state index contributed by atoms with van der Waals surface area (Å²) in [4.78, 5) is 23.5. The van der Waals surface area contributed by atoms with Crippen molar-refractivity contribution in [3.8, 4) is 0 Å². The SMILES string of the molecule is COC(=O)/C=C(\Nc1c(C)cc(C)cc1C)C(=O)NCCO. The number of aliphatic hydroxyl groups excluding tert-OH is 1. The number of hydrogen-bond acceptors (Lipinski definition) is 5. The van der Waals surface area contributed by atoms with Crippen molar-refractivity contribution in [3.05, 3.63) is 40.6 Å². The summed E-state index contributed by atoms with van der Waals surface area (Å²) in [6, 6.07) is 3.97. The number of ether oxygens (including phenoxy) is 1. The Morgan fingerprint density at radius 2 is 1.82 bits per heavy atom. The summed E-state index contributed by atoms with van der Waals surface area (Å²) in [6.07, 6.45) is 1.09. The number of esters is 1. The van der Waals surface area contributed by atoms with Gasteiger partial charge in [-0.1, -0.05) is 17.7 Å². The lowest BCUT2D eigenvalue weighted by Crippen LogP contribution is -2.31. The van der Waals surface area contributed by atoms with Crippen molar-refractivity contribution in [2.24, 2.45) is 0 Å². The van der Waals surface area contributed by atoms with Gasteiger partial charge in [0.1, 0.15) is 5.70 Å². The average molecular weight is 306 g/mol. The van der Waals surface area contributed by atoms with Crippen LogP contribution in [0.15, 0.2) is 23.9 Å². The van der Waals surface area contributed by atoms with Crippen LogP contribution in [0.25, 0.3) is 0 Å². The van der Waals surface area contributed by atoms with Gasteiger partial charge in [-0.3, -0.25) is 4.79 Å². The smallest absolute Gasteiger partial charge is 0.332 e. The minimum Gasteiger partial charge on any atom is -0.466 e. The topological polar surface area (TPSA) is 87.7 Å². The molecular weight excluding hydrogens is 284 g/mol. The lowest BCUT2D eigenvalue weighted by Gasteiger charge is -2.16. The van der Waals surface area contributed by atoms with Gasteiger partial charge in [-0.05, 0) is 31.9 Å². The van der Waals surface area contributed by atoms with Crippen LogP contribution < -0.4 is 10.6 Å². The van der Waals surface area contributed by atoms with E-state index in [-0.39, 0.29) is 18.8 Å². The molecule has 0 saturated carbocycles. The molecule has 3 N–H and O–H groups in total. The minimum atomic E-state index is -0.635. The van der Waals surface area contributed by atoms with Gasteiger partial charge in [0.25, 0.3) is 5.91 Å². The average Bonchev–Trinajstić information content (AvgIpc) is 2.46. The number of nitrogens with one attached hydrogen (secondary N) is 2. The zero-order chi connectivity index (χ0) is 16.7. The molecule has 1 rings (SSSR count). The summed E-state index contributed by atoms with van der Waals surface area (Å²) in [7, 11) is 1.24. The van der Waals surface area contributed by atoms with Crippen molar-refractivity contribution in [2.45, 2.75) is 20.8 Å². The van der Waals surface area contributed by atoms with Crippen molar-refractivity contribution in [2.75, 3.05) is 25.6 Å². The number of rotatable bonds is 6. The molecule has 0 atom stereocenters. The van der Waals surface area contributed by atoms with Crippen molar-refractivity contribution in [1.82, 2.24) is 5.32 Å². The van der Waals surface area contributed by atoms with Gasteiger partial charge in [0.2, 0.25) is 0 Å². The molecule has 0 bridgehead atoms. The van der Waals surface area contributed by atoms with E-state index >= 15 is 0 Å². The van der Waals surface area contributed by atoms with Crippen LogP contribution in [-0.2, 0) is 14.3 Å². The van der Waals surface area contributed by atoms with Gasteiger partial charge in [-0.2, -0.15) is 0 Å². The molecule has 1 amide bonds. The van der Waals surface area contributed by atoms with Crippen molar-refractivity contribution >= 4 is 17.6 Å². The van der Waals surface area contributed by atoms with Crippen LogP contribution >= 0.6 is 0 Å². The number of amides is 1. The summed E-state index contributed by atoms with van der Waals surface area (Å²) in [6.45, 7) is 5.75. The van der Waals surface area contributed by atoms with Crippen LogP contribution in [0.4, 0.5) is 5.69 Å². The third kappa shape index (κ3) is 4.89. The summed E-state index contributed by atoms with van der Waals surface area (Å²) < 4.78 is 4.57. The van der Waals surface area contributed by atoms with Crippen molar-refractivity contribution in [1.29, 1.82) is 0 Å². The summed E-state index contributed by atoms with van der Waals surface area (Å²) >= 11 is 0. The molecule has 0 spiro atoms. The Bertz CT molecular complexity index is 571. The van der Waals surface area contributed by atoms with E-state index in [4.69, 9.17) is 5.11 Å². The molecule has 0 aromatic heterocycles. The van der Waals surface area contributed by atoms with Gasteiger partial charge in [0, 0.05) is 12.2 Å². The van der Waals surface area contributed by atoms with Crippen LogP contribution in [0.3, 0.4) is 0 Å². The number of anilines is 1. The van der Waals surface area contributed by atoms with Crippen LogP contribution in [0.5, 0.6) is 0 Å². The standard InChI is InChI=1S/C16H22N2O4/c1-10-7-11(2)15(12(3)8-10)18-13(9-14(20)22-4)16(21)17-5-6-19/h7-9,18-19H,5-6H2,1-4H3,(H,17,21)/b13-9-. The highest BCUT2D eigenvalue weighted by atomic mass is 16.5. The van der Waals surface area contributed by atoms with Crippen molar-refractivity contribution in [3.63, 3.8) is 0 Å². The highest BCUT2D eigenvalue weighted by molar-refractivity contribution is 6.02. The van der Waals surface area contributed by atoms with E-state index in [9.17, 15) is 9.59 Å². The van der Waals surface area contributed by atoms with Crippen LogP contribution in [0.1, 0.15) is 16.7 Å². The first-order valence-electron chi connectivity index (χ1n) is 6.92. The Labute approximate surface area is 130 Å². The van der Waals surface area contributed by atoms with Crippen LogP contribution in [-0.4, -0.2) is 37.2 Å². The highest BCUT2D eigenvalue weighted by Crippen LogP contribution is 2.23. The Morgan fingerprint density at radius 3 is 2.32 bits per heavy atom. The molecular formula is C16H22N2O4. The maximum absolute atomic E-state index is 12.1. The number of methoxy groups -OCH3 is 1. The fraction of sp³-hybridized carbons (Fsp3) is 0.375. The normalized spacial score (nSPS) is 11.0. The fourth-order valence-corrected chi connectivity index (χ4v) is 2.11. The second kappa shape index (κ2) is 8.19. The molecule has 0 aliphatic rings. The lowest BCUT2D eigenvalue weighted by molar-refractivity contribution is -0.135. The summed E-state index contributed by atoms with van der Waals surface area (Å²) in [5.41, 5.74) is 3.87. The molecule has 0 radical (unpaired) electrons. The van der Waals surface area contributed by atoms with E-state index in [0.29, 0.717) is 0 Å². The molecule has 0 saturated heterocycles. The lowest BCUT2D eigenvalue weighted by atomic mass is 10.0. The number of hydrogen-bond donors (Lipinski definition) is 3. The van der Waals surface area contributed by atoms with Gasteiger partial charge in [0.05, 0.1) is 19.8 Å². The number of benzene rings is 1. The number of aliphatic hydroxyl groups is 1. The molecule has 0 unspecified atom stereocenters.